The zero-order valence-corrected chi connectivity index (χ0v) is 6.71. The van der Waals surface area contributed by atoms with Gasteiger partial charge in [-0.1, -0.05) is 0 Å². The largest absolute Gasteiger partial charge is 0.481 e. The molecule has 0 aromatic carbocycles. The van der Waals surface area contributed by atoms with E-state index >= 15 is 0 Å². The van der Waals surface area contributed by atoms with Crippen molar-refractivity contribution >= 4 is 5.97 Å². The average molecular weight is 168 g/mol. The summed E-state index contributed by atoms with van der Waals surface area (Å²) in [6.45, 7) is 0.576. The first-order chi connectivity index (χ1) is 5.72. The van der Waals surface area contributed by atoms with Crippen LogP contribution in [0.2, 0.25) is 0 Å². The van der Waals surface area contributed by atoms with Crippen LogP contribution in [-0.4, -0.2) is 22.6 Å². The molecule has 0 bridgehead atoms. The van der Waals surface area contributed by atoms with Crippen molar-refractivity contribution in [1.82, 2.24) is 4.98 Å². The van der Waals surface area contributed by atoms with E-state index in [-0.39, 0.29) is 6.42 Å². The minimum absolute atomic E-state index is 0.0462. The molecule has 4 heteroatoms. The predicted octanol–water partition coefficient (Wildman–Crippen LogP) is 0.143. The van der Waals surface area contributed by atoms with Gasteiger partial charge in [0.05, 0.1) is 6.42 Å². The van der Waals surface area contributed by atoms with Crippen molar-refractivity contribution in [2.24, 2.45) is 5.73 Å². The van der Waals surface area contributed by atoms with E-state index in [0.717, 1.165) is 17.8 Å². The van der Waals surface area contributed by atoms with E-state index in [4.69, 9.17) is 10.8 Å². The molecule has 4 N–H and O–H groups in total. The van der Waals surface area contributed by atoms with Crippen LogP contribution in [0.15, 0.2) is 12.1 Å². The Morgan fingerprint density at radius 2 is 2.17 bits per heavy atom. The Bertz CT molecular complexity index is 268. The molecule has 0 unspecified atom stereocenters. The van der Waals surface area contributed by atoms with Gasteiger partial charge >= 0.3 is 5.97 Å². The number of aromatic amines is 1. The molecule has 1 rings (SSSR count). The van der Waals surface area contributed by atoms with Gasteiger partial charge in [0.2, 0.25) is 0 Å². The molecule has 66 valence electrons. The van der Waals surface area contributed by atoms with Crippen molar-refractivity contribution in [2.45, 2.75) is 12.8 Å². The lowest BCUT2D eigenvalue weighted by Gasteiger charge is -1.92. The third kappa shape index (κ3) is 2.39. The van der Waals surface area contributed by atoms with Gasteiger partial charge in [-0.15, -0.1) is 0 Å². The van der Waals surface area contributed by atoms with Gasteiger partial charge in [-0.25, -0.2) is 0 Å². The smallest absolute Gasteiger partial charge is 0.309 e. The van der Waals surface area contributed by atoms with Gasteiger partial charge in [0.1, 0.15) is 0 Å². The van der Waals surface area contributed by atoms with E-state index < -0.39 is 5.97 Å². The molecule has 1 aromatic heterocycles. The highest BCUT2D eigenvalue weighted by Gasteiger charge is 2.02. The second-order valence-electron chi connectivity index (χ2n) is 2.62. The molecule has 0 aliphatic rings. The maximum atomic E-state index is 10.3. The SMILES string of the molecule is NCCc1ccc(CC(=O)O)[nH]1. The zero-order chi connectivity index (χ0) is 8.97. The van der Waals surface area contributed by atoms with Crippen LogP contribution < -0.4 is 5.73 Å². The Balaban J connectivity index is 2.58. The van der Waals surface area contributed by atoms with Crippen LogP contribution in [-0.2, 0) is 17.6 Å². The van der Waals surface area contributed by atoms with Crippen molar-refractivity contribution in [3.8, 4) is 0 Å². The normalized spacial score (nSPS) is 10.1. The molecule has 0 atom stereocenters. The molecule has 1 heterocycles. The second kappa shape index (κ2) is 3.92. The topological polar surface area (TPSA) is 79.1 Å². The summed E-state index contributed by atoms with van der Waals surface area (Å²) in [5.41, 5.74) is 7.06. The fourth-order valence-corrected chi connectivity index (χ4v) is 1.06. The maximum absolute atomic E-state index is 10.3. The minimum atomic E-state index is -0.823. The lowest BCUT2D eigenvalue weighted by molar-refractivity contribution is -0.136. The van der Waals surface area contributed by atoms with Crippen molar-refractivity contribution in [1.29, 1.82) is 0 Å². The number of hydrogen-bond donors (Lipinski definition) is 3. The van der Waals surface area contributed by atoms with Crippen molar-refractivity contribution in [3.63, 3.8) is 0 Å². The fraction of sp³-hybridized carbons (Fsp3) is 0.375. The molecule has 0 fully saturated rings. The molecule has 1 aromatic rings. The molecule has 12 heavy (non-hydrogen) atoms. The summed E-state index contributed by atoms with van der Waals surface area (Å²) >= 11 is 0. The summed E-state index contributed by atoms with van der Waals surface area (Å²) in [7, 11) is 0. The van der Waals surface area contributed by atoms with Crippen LogP contribution >= 0.6 is 0 Å². The summed E-state index contributed by atoms with van der Waals surface area (Å²) in [5, 5.41) is 8.46. The van der Waals surface area contributed by atoms with E-state index in [1.807, 2.05) is 6.07 Å². The highest BCUT2D eigenvalue weighted by molar-refractivity contribution is 5.69. The summed E-state index contributed by atoms with van der Waals surface area (Å²) < 4.78 is 0. The van der Waals surface area contributed by atoms with E-state index in [1.54, 1.807) is 6.07 Å². The van der Waals surface area contributed by atoms with Crippen LogP contribution in [0.3, 0.4) is 0 Å². The first kappa shape index (κ1) is 8.80. The number of nitrogens with one attached hydrogen (secondary N) is 1. The van der Waals surface area contributed by atoms with E-state index in [9.17, 15) is 4.79 Å². The number of aliphatic carboxylic acids is 1. The zero-order valence-electron chi connectivity index (χ0n) is 6.71. The Labute approximate surface area is 70.4 Å². The van der Waals surface area contributed by atoms with Gasteiger partial charge in [-0.2, -0.15) is 0 Å². The lowest BCUT2D eigenvalue weighted by atomic mass is 10.3. The molecular weight excluding hydrogens is 156 g/mol. The van der Waals surface area contributed by atoms with E-state index in [2.05, 4.69) is 4.98 Å². The summed E-state index contributed by atoms with van der Waals surface area (Å²) in [4.78, 5) is 13.3. The van der Waals surface area contributed by atoms with Gasteiger partial charge in [-0.3, -0.25) is 4.79 Å². The fourth-order valence-electron chi connectivity index (χ4n) is 1.06. The monoisotopic (exact) mass is 168 g/mol. The number of rotatable bonds is 4. The van der Waals surface area contributed by atoms with Gasteiger partial charge < -0.3 is 15.8 Å². The minimum Gasteiger partial charge on any atom is -0.481 e. The van der Waals surface area contributed by atoms with Crippen LogP contribution in [0, 0.1) is 0 Å². The van der Waals surface area contributed by atoms with Crippen molar-refractivity contribution in [2.75, 3.05) is 6.54 Å². The number of nitrogens with two attached hydrogens (primary N) is 1. The van der Waals surface area contributed by atoms with E-state index in [1.165, 1.54) is 0 Å². The lowest BCUT2D eigenvalue weighted by Crippen LogP contribution is -2.04. The summed E-state index contributed by atoms with van der Waals surface area (Å²) in [5.74, 6) is -0.823. The molecule has 0 spiro atoms. The molecule has 0 saturated carbocycles. The number of H-pyrrole nitrogens is 1. The van der Waals surface area contributed by atoms with Crippen LogP contribution in [0.4, 0.5) is 0 Å². The molecule has 0 radical (unpaired) electrons. The van der Waals surface area contributed by atoms with Crippen LogP contribution in [0.5, 0.6) is 0 Å². The first-order valence-electron chi connectivity index (χ1n) is 3.81. The van der Waals surface area contributed by atoms with Gasteiger partial charge in [0.25, 0.3) is 0 Å². The van der Waals surface area contributed by atoms with E-state index in [0.29, 0.717) is 6.54 Å². The van der Waals surface area contributed by atoms with Gasteiger partial charge in [0, 0.05) is 11.4 Å². The number of carbonyl (C=O) groups is 1. The quantitative estimate of drug-likeness (QED) is 0.598. The highest BCUT2D eigenvalue weighted by Crippen LogP contribution is 2.02. The summed E-state index contributed by atoms with van der Waals surface area (Å²) in [6.07, 6.45) is 0.810. The summed E-state index contributed by atoms with van der Waals surface area (Å²) in [6, 6.07) is 3.64. The highest BCUT2D eigenvalue weighted by atomic mass is 16.4. The Kier molecular flexibility index (Phi) is 2.88. The Morgan fingerprint density at radius 1 is 1.50 bits per heavy atom. The predicted molar refractivity (Wildman–Crippen MR) is 44.9 cm³/mol. The molecular formula is C8H12N2O2. The van der Waals surface area contributed by atoms with Crippen molar-refractivity contribution < 1.29 is 9.90 Å². The van der Waals surface area contributed by atoms with Crippen molar-refractivity contribution in [3.05, 3.63) is 23.5 Å². The third-order valence-corrected chi connectivity index (χ3v) is 1.56. The standard InChI is InChI=1S/C8H12N2O2/c9-4-3-6-1-2-7(10-6)5-8(11)12/h1-2,10H,3-5,9H2,(H,11,12). The van der Waals surface area contributed by atoms with Crippen LogP contribution in [0.25, 0.3) is 0 Å². The number of aromatic nitrogens is 1. The second-order valence-corrected chi connectivity index (χ2v) is 2.62. The molecule has 0 aliphatic carbocycles. The van der Waals surface area contributed by atoms with Crippen LogP contribution in [0.1, 0.15) is 11.4 Å². The molecule has 0 aliphatic heterocycles. The first-order valence-corrected chi connectivity index (χ1v) is 3.81. The average Bonchev–Trinajstić information content (AvgIpc) is 2.36. The Morgan fingerprint density at radius 3 is 2.75 bits per heavy atom. The van der Waals surface area contributed by atoms with Gasteiger partial charge in [0.15, 0.2) is 0 Å². The number of carboxylic acids is 1. The third-order valence-electron chi connectivity index (χ3n) is 1.56. The Hall–Kier alpha value is -1.29. The molecule has 0 amide bonds. The molecule has 0 saturated heterocycles. The number of hydrogen-bond acceptors (Lipinski definition) is 2. The van der Waals surface area contributed by atoms with Gasteiger partial charge in [-0.05, 0) is 25.1 Å². The molecule has 4 nitrogen and oxygen atoms in total. The number of carboxylic acid groups (broad SMARTS) is 1. The maximum Gasteiger partial charge on any atom is 0.309 e.